The zero-order valence-corrected chi connectivity index (χ0v) is 11.5. The van der Waals surface area contributed by atoms with Crippen molar-refractivity contribution in [3.8, 4) is 0 Å². The Balaban J connectivity index is 3.00. The zero-order valence-electron chi connectivity index (χ0n) is 11.5. The molecular formula is C15H19NO2. The van der Waals surface area contributed by atoms with Crippen LogP contribution in [0, 0.1) is 13.8 Å². The van der Waals surface area contributed by atoms with Crippen molar-refractivity contribution in [3.63, 3.8) is 0 Å². The van der Waals surface area contributed by atoms with E-state index in [2.05, 4.69) is 20.8 Å². The molecule has 1 heterocycles. The third-order valence-corrected chi connectivity index (χ3v) is 3.70. The topological polar surface area (TPSA) is 42.2 Å². The second-order valence-electron chi connectivity index (χ2n) is 5.17. The summed E-state index contributed by atoms with van der Waals surface area (Å²) in [7, 11) is 1.94. The molecule has 0 amide bonds. The van der Waals surface area contributed by atoms with Crippen molar-refractivity contribution in [1.29, 1.82) is 0 Å². The fourth-order valence-electron chi connectivity index (χ4n) is 2.80. The standard InChI is InChI=1S/C15H19NO2/c1-8(2)12-10(4)16(5)14-11(12)7-6-9(3)13(14)15(17)18/h6-8H,1-5H3,(H,17,18). The maximum atomic E-state index is 11.5. The lowest BCUT2D eigenvalue weighted by Gasteiger charge is -2.06. The number of benzene rings is 1. The van der Waals surface area contributed by atoms with Crippen LogP contribution in [0.3, 0.4) is 0 Å². The van der Waals surface area contributed by atoms with Gasteiger partial charge in [-0.2, -0.15) is 0 Å². The number of fused-ring (bicyclic) bond motifs is 1. The number of hydrogen-bond donors (Lipinski definition) is 1. The fourth-order valence-corrected chi connectivity index (χ4v) is 2.80. The molecule has 0 aliphatic heterocycles. The molecule has 0 spiro atoms. The first-order valence-electron chi connectivity index (χ1n) is 6.18. The summed E-state index contributed by atoms with van der Waals surface area (Å²) in [6.07, 6.45) is 0. The molecule has 18 heavy (non-hydrogen) atoms. The van der Waals surface area contributed by atoms with Crippen molar-refractivity contribution in [2.24, 2.45) is 7.05 Å². The van der Waals surface area contributed by atoms with Crippen LogP contribution >= 0.6 is 0 Å². The first-order valence-corrected chi connectivity index (χ1v) is 6.18. The highest BCUT2D eigenvalue weighted by Crippen LogP contribution is 2.33. The van der Waals surface area contributed by atoms with Crippen LogP contribution in [0.4, 0.5) is 0 Å². The Labute approximate surface area is 107 Å². The highest BCUT2D eigenvalue weighted by atomic mass is 16.4. The maximum absolute atomic E-state index is 11.5. The van der Waals surface area contributed by atoms with E-state index in [1.165, 1.54) is 5.56 Å². The maximum Gasteiger partial charge on any atom is 0.338 e. The Morgan fingerprint density at radius 3 is 2.39 bits per heavy atom. The van der Waals surface area contributed by atoms with Crippen LogP contribution in [-0.2, 0) is 7.05 Å². The molecule has 0 aliphatic rings. The van der Waals surface area contributed by atoms with E-state index in [1.807, 2.05) is 30.7 Å². The van der Waals surface area contributed by atoms with Crippen molar-refractivity contribution in [1.82, 2.24) is 4.57 Å². The molecule has 1 aromatic heterocycles. The molecule has 2 rings (SSSR count). The smallest absolute Gasteiger partial charge is 0.338 e. The molecule has 0 radical (unpaired) electrons. The Kier molecular flexibility index (Phi) is 2.93. The quantitative estimate of drug-likeness (QED) is 0.878. The number of nitrogens with zero attached hydrogens (tertiary/aromatic N) is 1. The number of carboxylic acid groups (broad SMARTS) is 1. The van der Waals surface area contributed by atoms with Crippen LogP contribution in [0.25, 0.3) is 10.9 Å². The molecule has 0 saturated heterocycles. The van der Waals surface area contributed by atoms with Crippen LogP contribution < -0.4 is 0 Å². The molecule has 0 fully saturated rings. The normalized spacial score (nSPS) is 11.4. The molecule has 1 N–H and O–H groups in total. The molecule has 1 aromatic carbocycles. The van der Waals surface area contributed by atoms with Crippen molar-refractivity contribution in [2.75, 3.05) is 0 Å². The number of aromatic carboxylic acids is 1. The molecule has 0 unspecified atom stereocenters. The van der Waals surface area contributed by atoms with Gasteiger partial charge in [-0.05, 0) is 30.9 Å². The Bertz CT molecular complexity index is 636. The van der Waals surface area contributed by atoms with E-state index in [4.69, 9.17) is 0 Å². The molecular weight excluding hydrogens is 226 g/mol. The van der Waals surface area contributed by atoms with Gasteiger partial charge in [0.15, 0.2) is 0 Å². The summed E-state index contributed by atoms with van der Waals surface area (Å²) in [4.78, 5) is 11.5. The highest BCUT2D eigenvalue weighted by molar-refractivity contribution is 6.05. The van der Waals surface area contributed by atoms with Gasteiger partial charge in [0, 0.05) is 18.1 Å². The summed E-state index contributed by atoms with van der Waals surface area (Å²) in [6.45, 7) is 8.18. The molecule has 0 bridgehead atoms. The molecule has 3 nitrogen and oxygen atoms in total. The molecule has 0 aliphatic carbocycles. The SMILES string of the molecule is Cc1ccc2c(C(C)C)c(C)n(C)c2c1C(=O)O. The molecule has 0 saturated carbocycles. The van der Waals surface area contributed by atoms with Gasteiger partial charge in [0.1, 0.15) is 0 Å². The van der Waals surface area contributed by atoms with E-state index in [-0.39, 0.29) is 0 Å². The highest BCUT2D eigenvalue weighted by Gasteiger charge is 2.21. The van der Waals surface area contributed by atoms with Crippen LogP contribution in [-0.4, -0.2) is 15.6 Å². The van der Waals surface area contributed by atoms with Crippen LogP contribution in [0.2, 0.25) is 0 Å². The number of aromatic nitrogens is 1. The van der Waals surface area contributed by atoms with Crippen molar-refractivity contribution >= 4 is 16.9 Å². The van der Waals surface area contributed by atoms with Gasteiger partial charge in [-0.25, -0.2) is 4.79 Å². The van der Waals surface area contributed by atoms with Crippen LogP contribution in [0.5, 0.6) is 0 Å². The summed E-state index contributed by atoms with van der Waals surface area (Å²) >= 11 is 0. The van der Waals surface area contributed by atoms with Crippen molar-refractivity contribution in [3.05, 3.63) is 34.5 Å². The minimum Gasteiger partial charge on any atom is -0.478 e. The lowest BCUT2D eigenvalue weighted by atomic mass is 9.97. The second-order valence-corrected chi connectivity index (χ2v) is 5.17. The summed E-state index contributed by atoms with van der Waals surface area (Å²) in [5.74, 6) is -0.466. The summed E-state index contributed by atoms with van der Waals surface area (Å²) in [5, 5.41) is 10.5. The van der Waals surface area contributed by atoms with Gasteiger partial charge in [-0.1, -0.05) is 26.0 Å². The predicted molar refractivity (Wildman–Crippen MR) is 73.4 cm³/mol. The first kappa shape index (κ1) is 12.7. The second kappa shape index (κ2) is 4.16. The largest absolute Gasteiger partial charge is 0.478 e. The predicted octanol–water partition coefficient (Wildman–Crippen LogP) is 3.62. The third kappa shape index (κ3) is 1.62. The lowest BCUT2D eigenvalue weighted by molar-refractivity contribution is 0.0698. The number of rotatable bonds is 2. The average Bonchev–Trinajstić information content (AvgIpc) is 2.52. The Morgan fingerprint density at radius 1 is 1.28 bits per heavy atom. The minimum absolute atomic E-state index is 0.387. The lowest BCUT2D eigenvalue weighted by Crippen LogP contribution is -2.04. The Morgan fingerprint density at radius 2 is 1.89 bits per heavy atom. The van der Waals surface area contributed by atoms with E-state index < -0.39 is 5.97 Å². The van der Waals surface area contributed by atoms with Crippen molar-refractivity contribution in [2.45, 2.75) is 33.6 Å². The average molecular weight is 245 g/mol. The number of carboxylic acids is 1. The van der Waals surface area contributed by atoms with Gasteiger partial charge >= 0.3 is 5.97 Å². The van der Waals surface area contributed by atoms with E-state index in [1.54, 1.807) is 0 Å². The molecule has 2 aromatic rings. The number of hydrogen-bond acceptors (Lipinski definition) is 1. The van der Waals surface area contributed by atoms with E-state index >= 15 is 0 Å². The van der Waals surface area contributed by atoms with E-state index in [0.29, 0.717) is 11.5 Å². The summed E-state index contributed by atoms with van der Waals surface area (Å²) < 4.78 is 2.00. The van der Waals surface area contributed by atoms with Gasteiger partial charge in [0.25, 0.3) is 0 Å². The van der Waals surface area contributed by atoms with Gasteiger partial charge in [-0.3, -0.25) is 0 Å². The van der Waals surface area contributed by atoms with Crippen LogP contribution in [0.15, 0.2) is 12.1 Å². The minimum atomic E-state index is -0.853. The molecule has 3 heteroatoms. The van der Waals surface area contributed by atoms with E-state index in [0.717, 1.165) is 22.2 Å². The van der Waals surface area contributed by atoms with Crippen molar-refractivity contribution < 1.29 is 9.90 Å². The van der Waals surface area contributed by atoms with E-state index in [9.17, 15) is 9.90 Å². The fraction of sp³-hybridized carbons (Fsp3) is 0.400. The Hall–Kier alpha value is -1.77. The van der Waals surface area contributed by atoms with Crippen LogP contribution in [0.1, 0.15) is 46.9 Å². The zero-order chi connectivity index (χ0) is 13.6. The summed E-state index contributed by atoms with van der Waals surface area (Å²) in [5.41, 5.74) is 4.46. The first-order chi connectivity index (χ1) is 8.36. The summed E-state index contributed by atoms with van der Waals surface area (Å²) in [6, 6.07) is 3.94. The van der Waals surface area contributed by atoms with Gasteiger partial charge in [0.05, 0.1) is 11.1 Å². The molecule has 0 atom stereocenters. The third-order valence-electron chi connectivity index (χ3n) is 3.70. The number of carbonyl (C=O) groups is 1. The van der Waals surface area contributed by atoms with Gasteiger partial charge in [-0.15, -0.1) is 0 Å². The monoisotopic (exact) mass is 245 g/mol. The van der Waals surface area contributed by atoms with Gasteiger partial charge in [0.2, 0.25) is 0 Å². The number of aryl methyl sites for hydroxylation is 2. The van der Waals surface area contributed by atoms with Gasteiger partial charge < -0.3 is 9.67 Å². The molecule has 96 valence electrons.